The molecule has 0 saturated heterocycles. The van der Waals surface area contributed by atoms with Crippen LogP contribution in [0.25, 0.3) is 0 Å². The number of para-hydroxylation sites is 2. The predicted molar refractivity (Wildman–Crippen MR) is 105 cm³/mol. The quantitative estimate of drug-likeness (QED) is 0.817. The molecule has 1 aromatic carbocycles. The SMILES string of the molecule is CCN1C[C@@H](CN(C)C(=O)C2C[C@H]3CCC[C@@H](C2)C3=O)Oc2ccccc21. The summed E-state index contributed by atoms with van der Waals surface area (Å²) >= 11 is 0. The van der Waals surface area contributed by atoms with Crippen molar-refractivity contribution >= 4 is 17.4 Å². The van der Waals surface area contributed by atoms with Gasteiger partial charge in [0.25, 0.3) is 0 Å². The number of amides is 1. The van der Waals surface area contributed by atoms with E-state index in [-0.39, 0.29) is 29.8 Å². The number of carbonyl (C=O) groups is 2. The van der Waals surface area contributed by atoms with Crippen molar-refractivity contribution in [1.82, 2.24) is 4.90 Å². The topological polar surface area (TPSA) is 49.9 Å². The molecule has 1 heterocycles. The van der Waals surface area contributed by atoms with Crippen molar-refractivity contribution in [2.75, 3.05) is 31.6 Å². The lowest BCUT2D eigenvalue weighted by atomic mass is 9.67. The van der Waals surface area contributed by atoms with Crippen LogP contribution in [0.5, 0.6) is 5.75 Å². The average Bonchev–Trinajstić information content (AvgIpc) is 2.66. The maximum Gasteiger partial charge on any atom is 0.225 e. The Morgan fingerprint density at radius 3 is 2.63 bits per heavy atom. The van der Waals surface area contributed by atoms with Crippen LogP contribution in [0.15, 0.2) is 24.3 Å². The van der Waals surface area contributed by atoms with Gasteiger partial charge < -0.3 is 14.5 Å². The van der Waals surface area contributed by atoms with Gasteiger partial charge in [-0.3, -0.25) is 9.59 Å². The first kappa shape index (κ1) is 18.3. The number of rotatable bonds is 4. The van der Waals surface area contributed by atoms with Crippen LogP contribution in [0, 0.1) is 17.8 Å². The van der Waals surface area contributed by atoms with Crippen molar-refractivity contribution in [2.45, 2.75) is 45.1 Å². The third-order valence-corrected chi connectivity index (χ3v) is 6.56. The van der Waals surface area contributed by atoms with Crippen molar-refractivity contribution in [3.8, 4) is 5.75 Å². The third-order valence-electron chi connectivity index (χ3n) is 6.56. The Morgan fingerprint density at radius 1 is 1.22 bits per heavy atom. The van der Waals surface area contributed by atoms with Crippen LogP contribution in [0.4, 0.5) is 5.69 Å². The molecule has 1 unspecified atom stereocenters. The largest absolute Gasteiger partial charge is 0.485 e. The summed E-state index contributed by atoms with van der Waals surface area (Å²) in [6.07, 6.45) is 4.54. The van der Waals surface area contributed by atoms with E-state index in [1.165, 1.54) is 0 Å². The van der Waals surface area contributed by atoms with Gasteiger partial charge in [0.2, 0.25) is 5.91 Å². The summed E-state index contributed by atoms with van der Waals surface area (Å²) in [4.78, 5) is 29.5. The van der Waals surface area contributed by atoms with E-state index in [4.69, 9.17) is 4.74 Å². The second-order valence-corrected chi connectivity index (χ2v) is 8.36. The molecule has 0 N–H and O–H groups in total. The maximum absolute atomic E-state index is 13.1. The Morgan fingerprint density at radius 2 is 1.93 bits per heavy atom. The summed E-state index contributed by atoms with van der Waals surface area (Å²) < 4.78 is 6.17. The Hall–Kier alpha value is -2.04. The van der Waals surface area contributed by atoms with Gasteiger partial charge in [-0.05, 0) is 44.7 Å². The molecular weight excluding hydrogens is 340 g/mol. The van der Waals surface area contributed by atoms with Gasteiger partial charge in [-0.15, -0.1) is 0 Å². The summed E-state index contributed by atoms with van der Waals surface area (Å²) in [7, 11) is 1.88. The molecule has 2 saturated carbocycles. The minimum Gasteiger partial charge on any atom is -0.485 e. The number of hydrogen-bond donors (Lipinski definition) is 0. The highest BCUT2D eigenvalue weighted by Crippen LogP contribution is 2.40. The van der Waals surface area contributed by atoms with Gasteiger partial charge in [0.15, 0.2) is 0 Å². The second kappa shape index (κ2) is 7.53. The van der Waals surface area contributed by atoms with Crippen LogP contribution < -0.4 is 9.64 Å². The maximum atomic E-state index is 13.1. The van der Waals surface area contributed by atoms with Crippen LogP contribution >= 0.6 is 0 Å². The van der Waals surface area contributed by atoms with Gasteiger partial charge in [-0.2, -0.15) is 0 Å². The highest BCUT2D eigenvalue weighted by molar-refractivity contribution is 5.88. The number of likely N-dealkylation sites (N-methyl/N-ethyl adjacent to an activating group) is 2. The summed E-state index contributed by atoms with van der Waals surface area (Å²) in [6, 6.07) is 8.10. The molecule has 4 atom stereocenters. The first-order chi connectivity index (χ1) is 13.1. The molecule has 0 aromatic heterocycles. The third kappa shape index (κ3) is 3.56. The van der Waals surface area contributed by atoms with E-state index < -0.39 is 0 Å². The fraction of sp³-hybridized carbons (Fsp3) is 0.636. The molecule has 2 aliphatic carbocycles. The van der Waals surface area contributed by atoms with Crippen molar-refractivity contribution in [2.24, 2.45) is 17.8 Å². The van der Waals surface area contributed by atoms with Crippen molar-refractivity contribution in [3.63, 3.8) is 0 Å². The molecule has 2 fully saturated rings. The number of fused-ring (bicyclic) bond motifs is 3. The standard InChI is InChI=1S/C22H30N2O3/c1-3-24-14-18(27-20-10-5-4-9-19(20)24)13-23(2)22(26)17-11-15-7-6-8-16(12-17)21(15)25/h4-5,9-10,15-18H,3,6-8,11-14H2,1-2H3/t15-,16+,17?,18-/m1/s1. The molecule has 27 heavy (non-hydrogen) atoms. The highest BCUT2D eigenvalue weighted by Gasteiger charge is 2.42. The van der Waals surface area contributed by atoms with E-state index in [2.05, 4.69) is 17.9 Å². The van der Waals surface area contributed by atoms with Crippen molar-refractivity contribution < 1.29 is 14.3 Å². The molecule has 1 aromatic rings. The number of hydrogen-bond acceptors (Lipinski definition) is 4. The number of nitrogens with zero attached hydrogens (tertiary/aromatic N) is 2. The Bertz CT molecular complexity index is 703. The van der Waals surface area contributed by atoms with Crippen LogP contribution in [-0.2, 0) is 9.59 Å². The minimum absolute atomic E-state index is 0.00107. The number of anilines is 1. The molecule has 3 aliphatic rings. The first-order valence-electron chi connectivity index (χ1n) is 10.4. The molecular formula is C22H30N2O3. The zero-order chi connectivity index (χ0) is 19.0. The number of ether oxygens (including phenoxy) is 1. The van der Waals surface area contributed by atoms with Gasteiger partial charge in [-0.1, -0.05) is 18.6 Å². The summed E-state index contributed by atoms with van der Waals surface area (Å²) in [5, 5.41) is 0. The summed E-state index contributed by atoms with van der Waals surface area (Å²) in [5.41, 5.74) is 1.13. The van der Waals surface area contributed by atoms with E-state index >= 15 is 0 Å². The van der Waals surface area contributed by atoms with Crippen LogP contribution in [0.3, 0.4) is 0 Å². The fourth-order valence-electron chi connectivity index (χ4n) is 5.16. The van der Waals surface area contributed by atoms with Gasteiger partial charge >= 0.3 is 0 Å². The van der Waals surface area contributed by atoms with Crippen molar-refractivity contribution in [1.29, 1.82) is 0 Å². The molecule has 5 nitrogen and oxygen atoms in total. The van der Waals surface area contributed by atoms with E-state index in [1.54, 1.807) is 0 Å². The van der Waals surface area contributed by atoms with Crippen LogP contribution in [0.2, 0.25) is 0 Å². The molecule has 0 spiro atoms. The molecule has 0 radical (unpaired) electrons. The lowest BCUT2D eigenvalue weighted by Crippen LogP contribution is -2.49. The van der Waals surface area contributed by atoms with Gasteiger partial charge in [-0.25, -0.2) is 0 Å². The number of benzene rings is 1. The number of carbonyl (C=O) groups excluding carboxylic acids is 2. The summed E-state index contributed by atoms with van der Waals surface area (Å²) in [5.74, 6) is 1.74. The van der Waals surface area contributed by atoms with Crippen LogP contribution in [-0.4, -0.2) is 49.4 Å². The van der Waals surface area contributed by atoms with E-state index in [1.807, 2.05) is 30.1 Å². The van der Waals surface area contributed by atoms with Crippen molar-refractivity contribution in [3.05, 3.63) is 24.3 Å². The molecule has 2 bridgehead atoms. The molecule has 1 aliphatic heterocycles. The monoisotopic (exact) mass is 370 g/mol. The Kier molecular flexibility index (Phi) is 5.11. The van der Waals surface area contributed by atoms with E-state index in [0.717, 1.165) is 56.6 Å². The second-order valence-electron chi connectivity index (χ2n) is 8.36. The smallest absolute Gasteiger partial charge is 0.225 e. The normalized spacial score (nSPS) is 29.7. The fourth-order valence-corrected chi connectivity index (χ4v) is 5.16. The van der Waals surface area contributed by atoms with Gasteiger partial charge in [0, 0.05) is 31.3 Å². The lowest BCUT2D eigenvalue weighted by molar-refractivity contribution is -0.143. The van der Waals surface area contributed by atoms with Gasteiger partial charge in [0.1, 0.15) is 17.6 Å². The number of Topliss-reactive ketones (excluding diaryl/α,β-unsaturated/α-hetero) is 1. The molecule has 4 rings (SSSR count). The number of ketones is 1. The zero-order valence-corrected chi connectivity index (χ0v) is 16.4. The van der Waals surface area contributed by atoms with E-state index in [0.29, 0.717) is 12.3 Å². The average molecular weight is 370 g/mol. The highest BCUT2D eigenvalue weighted by atomic mass is 16.5. The predicted octanol–water partition coefficient (Wildman–Crippen LogP) is 3.13. The van der Waals surface area contributed by atoms with E-state index in [9.17, 15) is 9.59 Å². The lowest BCUT2D eigenvalue weighted by Gasteiger charge is -2.40. The Balaban J connectivity index is 1.40. The van der Waals surface area contributed by atoms with Crippen LogP contribution in [0.1, 0.15) is 39.0 Å². The summed E-state index contributed by atoms with van der Waals surface area (Å²) in [6.45, 7) is 4.44. The molecule has 1 amide bonds. The molecule has 5 heteroatoms. The first-order valence-corrected chi connectivity index (χ1v) is 10.4. The zero-order valence-electron chi connectivity index (χ0n) is 16.4. The molecule has 146 valence electrons. The van der Waals surface area contributed by atoms with Gasteiger partial charge in [0.05, 0.1) is 18.8 Å². The Labute approximate surface area is 161 Å². The minimum atomic E-state index is -0.0291.